The second-order valence-corrected chi connectivity index (χ2v) is 10.1. The molecular weight excluding hydrogens is 445 g/mol. The van der Waals surface area contributed by atoms with E-state index in [4.69, 9.17) is 0 Å². The summed E-state index contributed by atoms with van der Waals surface area (Å²) in [5.41, 5.74) is 5.48. The van der Waals surface area contributed by atoms with Crippen molar-refractivity contribution in [3.05, 3.63) is 77.7 Å². The fraction of sp³-hybridized carbons (Fsp3) is 0.485. The number of hydrogen-bond acceptors (Lipinski definition) is 2. The molecule has 0 fully saturated rings. The van der Waals surface area contributed by atoms with E-state index in [1.165, 1.54) is 68.9 Å². The fourth-order valence-electron chi connectivity index (χ4n) is 4.76. The predicted octanol–water partition coefficient (Wildman–Crippen LogP) is 9.85. The summed E-state index contributed by atoms with van der Waals surface area (Å²) in [6.45, 7) is 4.45. The summed E-state index contributed by atoms with van der Waals surface area (Å²) in [5.74, 6) is -0.569. The van der Waals surface area contributed by atoms with Gasteiger partial charge in [-0.25, -0.2) is 4.98 Å². The van der Waals surface area contributed by atoms with E-state index >= 15 is 0 Å². The first-order valence-corrected chi connectivity index (χ1v) is 14.2. The van der Waals surface area contributed by atoms with E-state index in [0.717, 1.165) is 30.4 Å². The number of nitrogens with zero attached hydrogens (tertiary/aromatic N) is 1. The molecule has 0 amide bonds. The summed E-state index contributed by atoms with van der Waals surface area (Å²) in [6, 6.07) is 20.5. The van der Waals surface area contributed by atoms with Crippen molar-refractivity contribution >= 4 is 0 Å². The van der Waals surface area contributed by atoms with E-state index in [0.29, 0.717) is 17.7 Å². The van der Waals surface area contributed by atoms with Crippen LogP contribution >= 0.6 is 0 Å². The zero-order valence-electron chi connectivity index (χ0n) is 22.3. The van der Waals surface area contributed by atoms with Crippen LogP contribution in [0.4, 0.5) is 4.39 Å². The smallest absolute Gasteiger partial charge is 0.219 e. The third-order valence-corrected chi connectivity index (χ3v) is 7.10. The molecule has 0 radical (unpaired) electrons. The van der Waals surface area contributed by atoms with Crippen LogP contribution in [0.5, 0.6) is 0 Å². The number of aromatic nitrogens is 1. The first kappa shape index (κ1) is 28.1. The van der Waals surface area contributed by atoms with Crippen molar-refractivity contribution in [2.45, 2.75) is 103 Å². The Hall–Kier alpha value is -2.52. The van der Waals surface area contributed by atoms with Crippen LogP contribution in [0.1, 0.15) is 108 Å². The molecule has 1 atom stereocenters. The topological polar surface area (TPSA) is 33.1 Å². The lowest BCUT2D eigenvalue weighted by atomic mass is 9.99. The number of aryl methyl sites for hydroxylation is 1. The fourth-order valence-corrected chi connectivity index (χ4v) is 4.76. The van der Waals surface area contributed by atoms with E-state index in [-0.39, 0.29) is 0 Å². The minimum Gasteiger partial charge on any atom is -0.388 e. The molecule has 194 valence electrons. The van der Waals surface area contributed by atoms with E-state index in [1.54, 1.807) is 6.07 Å². The molecule has 0 spiro atoms. The molecule has 36 heavy (non-hydrogen) atoms. The molecule has 0 saturated carbocycles. The van der Waals surface area contributed by atoms with Crippen molar-refractivity contribution in [1.82, 2.24) is 4.98 Å². The molecule has 1 unspecified atom stereocenters. The Labute approximate surface area is 218 Å². The Balaban J connectivity index is 1.54. The van der Waals surface area contributed by atoms with Crippen molar-refractivity contribution in [1.29, 1.82) is 0 Å². The van der Waals surface area contributed by atoms with Gasteiger partial charge in [-0.1, -0.05) is 127 Å². The van der Waals surface area contributed by atoms with Gasteiger partial charge in [-0.15, -0.1) is 0 Å². The maximum atomic E-state index is 14.7. The highest BCUT2D eigenvalue weighted by Gasteiger charge is 2.15. The molecule has 3 heteroatoms. The lowest BCUT2D eigenvalue weighted by molar-refractivity contribution is 0.157. The number of pyridine rings is 1. The molecule has 0 aliphatic carbocycles. The number of unbranched alkanes of at least 4 members (excludes halogenated alkanes) is 9. The molecule has 1 N–H and O–H groups in total. The number of hydrogen-bond donors (Lipinski definition) is 1. The lowest BCUT2D eigenvalue weighted by Gasteiger charge is -2.12. The molecule has 0 aliphatic heterocycles. The van der Waals surface area contributed by atoms with Gasteiger partial charge in [0.05, 0.1) is 11.8 Å². The van der Waals surface area contributed by atoms with Crippen LogP contribution in [-0.4, -0.2) is 10.1 Å². The highest BCUT2D eigenvalue weighted by Crippen LogP contribution is 2.28. The third-order valence-electron chi connectivity index (χ3n) is 7.10. The van der Waals surface area contributed by atoms with Gasteiger partial charge < -0.3 is 5.11 Å². The Bertz CT molecular complexity index is 1010. The summed E-state index contributed by atoms with van der Waals surface area (Å²) in [5, 5.41) is 10.4. The highest BCUT2D eigenvalue weighted by molar-refractivity contribution is 5.69. The Morgan fingerprint density at radius 2 is 1.17 bits per heavy atom. The monoisotopic (exact) mass is 489 g/mol. The van der Waals surface area contributed by atoms with Gasteiger partial charge in [0, 0.05) is 11.1 Å². The Kier molecular flexibility index (Phi) is 12.1. The zero-order valence-corrected chi connectivity index (χ0v) is 22.3. The van der Waals surface area contributed by atoms with Gasteiger partial charge in [0.25, 0.3) is 0 Å². The molecule has 1 heterocycles. The van der Waals surface area contributed by atoms with E-state index in [2.05, 4.69) is 55.2 Å². The van der Waals surface area contributed by atoms with Gasteiger partial charge in [-0.3, -0.25) is 0 Å². The summed E-state index contributed by atoms with van der Waals surface area (Å²) in [7, 11) is 0. The van der Waals surface area contributed by atoms with Crippen molar-refractivity contribution in [2.24, 2.45) is 0 Å². The molecule has 2 nitrogen and oxygen atoms in total. The van der Waals surface area contributed by atoms with Crippen LogP contribution in [0.15, 0.2) is 60.7 Å². The van der Waals surface area contributed by atoms with Gasteiger partial charge in [0.15, 0.2) is 0 Å². The average Bonchev–Trinajstić information content (AvgIpc) is 2.91. The SMILES string of the molecule is CCCCCCCCC(O)c1ccc(-c2ccc(-c3ccc(CCCCCCC)cc3)cc2)nc1F. The molecule has 3 aromatic rings. The quantitative estimate of drug-likeness (QED) is 0.160. The van der Waals surface area contributed by atoms with Crippen LogP contribution < -0.4 is 0 Å². The number of aliphatic hydroxyl groups excluding tert-OH is 1. The number of halogens is 1. The molecular formula is C33H44FNO. The largest absolute Gasteiger partial charge is 0.388 e. The number of aliphatic hydroxyl groups is 1. The predicted molar refractivity (Wildman–Crippen MR) is 150 cm³/mol. The molecule has 0 bridgehead atoms. The second-order valence-electron chi connectivity index (χ2n) is 10.1. The van der Waals surface area contributed by atoms with Crippen LogP contribution in [0, 0.1) is 5.95 Å². The summed E-state index contributed by atoms with van der Waals surface area (Å²) in [6.07, 6.45) is 14.3. The van der Waals surface area contributed by atoms with Crippen molar-refractivity contribution < 1.29 is 9.50 Å². The molecule has 3 rings (SSSR count). The highest BCUT2D eigenvalue weighted by atomic mass is 19.1. The summed E-state index contributed by atoms with van der Waals surface area (Å²) < 4.78 is 14.7. The Morgan fingerprint density at radius 1 is 0.639 bits per heavy atom. The molecule has 1 aromatic heterocycles. The first-order chi connectivity index (χ1) is 17.6. The number of rotatable bonds is 16. The van der Waals surface area contributed by atoms with Crippen LogP contribution in [0.3, 0.4) is 0 Å². The van der Waals surface area contributed by atoms with Crippen LogP contribution in [-0.2, 0) is 6.42 Å². The minimum atomic E-state index is -0.792. The molecule has 2 aromatic carbocycles. The van der Waals surface area contributed by atoms with E-state index in [1.807, 2.05) is 18.2 Å². The lowest BCUT2D eigenvalue weighted by Crippen LogP contribution is -2.03. The van der Waals surface area contributed by atoms with Crippen molar-refractivity contribution in [2.75, 3.05) is 0 Å². The van der Waals surface area contributed by atoms with E-state index < -0.39 is 12.1 Å². The number of benzene rings is 2. The van der Waals surface area contributed by atoms with Gasteiger partial charge in [-0.05, 0) is 48.1 Å². The standard InChI is InChI=1S/C33H44FNO/c1-3-5-7-9-11-13-15-32(36)30-24-25-31(35-33(30)34)29-22-20-28(21-23-29)27-18-16-26(17-19-27)14-12-10-8-6-4-2/h16-25,32,36H,3-15H2,1-2H3. The van der Waals surface area contributed by atoms with Gasteiger partial charge in [0.2, 0.25) is 5.95 Å². The average molecular weight is 490 g/mol. The van der Waals surface area contributed by atoms with E-state index in [9.17, 15) is 9.50 Å². The van der Waals surface area contributed by atoms with Crippen LogP contribution in [0.25, 0.3) is 22.4 Å². The summed E-state index contributed by atoms with van der Waals surface area (Å²) >= 11 is 0. The molecule has 0 saturated heterocycles. The summed E-state index contributed by atoms with van der Waals surface area (Å²) in [4.78, 5) is 4.17. The first-order valence-electron chi connectivity index (χ1n) is 14.2. The maximum absolute atomic E-state index is 14.7. The maximum Gasteiger partial charge on any atom is 0.219 e. The second kappa shape index (κ2) is 15.6. The van der Waals surface area contributed by atoms with Crippen molar-refractivity contribution in [3.8, 4) is 22.4 Å². The van der Waals surface area contributed by atoms with Crippen molar-refractivity contribution in [3.63, 3.8) is 0 Å². The molecule has 0 aliphatic rings. The normalized spacial score (nSPS) is 12.1. The van der Waals surface area contributed by atoms with Gasteiger partial charge >= 0.3 is 0 Å². The zero-order chi connectivity index (χ0) is 25.6. The third kappa shape index (κ3) is 8.85. The van der Waals surface area contributed by atoms with Crippen LogP contribution in [0.2, 0.25) is 0 Å². The minimum absolute atomic E-state index is 0.300. The van der Waals surface area contributed by atoms with Gasteiger partial charge in [-0.2, -0.15) is 4.39 Å². The van der Waals surface area contributed by atoms with Gasteiger partial charge in [0.1, 0.15) is 0 Å². The Morgan fingerprint density at radius 3 is 1.78 bits per heavy atom.